The lowest BCUT2D eigenvalue weighted by molar-refractivity contribution is -0.157. The fourth-order valence-corrected chi connectivity index (χ4v) is 3.18. The molecule has 0 N–H and O–H groups in total. The van der Waals surface area contributed by atoms with Crippen molar-refractivity contribution in [1.29, 1.82) is 0 Å². The third-order valence-electron chi connectivity index (χ3n) is 4.69. The number of allylic oxidation sites excluding steroid dienone is 6. The van der Waals surface area contributed by atoms with Crippen LogP contribution >= 0.6 is 0 Å². The zero-order chi connectivity index (χ0) is 18.8. The molecular weight excluding hydrogens is 316 g/mol. The zero-order valence-electron chi connectivity index (χ0n) is 16.3. The van der Waals surface area contributed by atoms with Crippen LogP contribution in [0.3, 0.4) is 0 Å². The maximum absolute atomic E-state index is 12.0. The number of carbonyl (C=O) groups is 2. The second-order valence-corrected chi connectivity index (χ2v) is 6.97. The van der Waals surface area contributed by atoms with Crippen LogP contribution in [0.4, 0.5) is 0 Å². The largest absolute Gasteiger partial charge is 0.469 e. The molecule has 0 unspecified atom stereocenters. The summed E-state index contributed by atoms with van der Waals surface area (Å²) in [4.78, 5) is 23.9. The van der Waals surface area contributed by atoms with Gasteiger partial charge in [-0.15, -0.1) is 0 Å². The predicted octanol–water partition coefficient (Wildman–Crippen LogP) is 4.76. The van der Waals surface area contributed by atoms with Gasteiger partial charge < -0.3 is 9.47 Å². The highest BCUT2D eigenvalue weighted by Gasteiger charge is 2.37. The molecule has 0 bridgehead atoms. The van der Waals surface area contributed by atoms with Gasteiger partial charge in [-0.2, -0.15) is 0 Å². The smallest absolute Gasteiger partial charge is 0.309 e. The van der Waals surface area contributed by atoms with Crippen molar-refractivity contribution in [3.8, 4) is 0 Å². The lowest BCUT2D eigenvalue weighted by Gasteiger charge is -2.27. The van der Waals surface area contributed by atoms with E-state index in [0.29, 0.717) is 12.8 Å². The summed E-state index contributed by atoms with van der Waals surface area (Å²) in [5, 5.41) is 0. The molecule has 4 heteroatoms. The van der Waals surface area contributed by atoms with Crippen LogP contribution in [0.25, 0.3) is 0 Å². The molecule has 0 aromatic carbocycles. The third kappa shape index (κ3) is 7.29. The van der Waals surface area contributed by atoms with Crippen LogP contribution in [0.15, 0.2) is 34.9 Å². The first-order valence-corrected chi connectivity index (χ1v) is 9.01. The van der Waals surface area contributed by atoms with E-state index in [9.17, 15) is 9.59 Å². The average Bonchev–Trinajstić information content (AvgIpc) is 2.59. The number of rotatable bonds is 8. The molecule has 2 atom stereocenters. The summed E-state index contributed by atoms with van der Waals surface area (Å²) in [6.45, 7) is 6.40. The topological polar surface area (TPSA) is 52.6 Å². The Balaban J connectivity index is 2.59. The van der Waals surface area contributed by atoms with Crippen molar-refractivity contribution in [2.45, 2.75) is 59.3 Å². The standard InChI is InChI=1S/C21H32O4/c1-15(2)8-6-9-16(3)10-7-11-17-12-13-18(20(22)24-4)19(14-17)21(23)25-5/h8,10,12,18-19H,6-7,9,11,13-14H2,1-5H3/b16-10+/t18-,19+/m1/s1. The molecule has 0 heterocycles. The van der Waals surface area contributed by atoms with Gasteiger partial charge in [0.2, 0.25) is 0 Å². The summed E-state index contributed by atoms with van der Waals surface area (Å²) < 4.78 is 9.70. The molecule has 25 heavy (non-hydrogen) atoms. The van der Waals surface area contributed by atoms with E-state index < -0.39 is 11.8 Å². The van der Waals surface area contributed by atoms with Crippen LogP contribution in [-0.2, 0) is 19.1 Å². The SMILES string of the molecule is COC(=O)[C@H]1CC(CC/C=C(\C)CCC=C(C)C)=CC[C@H]1C(=O)OC. The molecule has 0 aromatic rings. The Kier molecular flexibility index (Phi) is 9.25. The van der Waals surface area contributed by atoms with Crippen LogP contribution in [-0.4, -0.2) is 26.2 Å². The second-order valence-electron chi connectivity index (χ2n) is 6.97. The van der Waals surface area contributed by atoms with Crippen LogP contribution in [0.2, 0.25) is 0 Å². The Hall–Kier alpha value is -1.84. The molecule has 0 saturated heterocycles. The summed E-state index contributed by atoms with van der Waals surface area (Å²) in [7, 11) is 2.73. The number of methoxy groups -OCH3 is 2. The minimum Gasteiger partial charge on any atom is -0.469 e. The van der Waals surface area contributed by atoms with E-state index >= 15 is 0 Å². The molecule has 0 spiro atoms. The first-order valence-electron chi connectivity index (χ1n) is 9.01. The van der Waals surface area contributed by atoms with Crippen molar-refractivity contribution < 1.29 is 19.1 Å². The highest BCUT2D eigenvalue weighted by molar-refractivity contribution is 5.82. The van der Waals surface area contributed by atoms with E-state index in [1.54, 1.807) is 0 Å². The molecule has 4 nitrogen and oxygen atoms in total. The quantitative estimate of drug-likeness (QED) is 0.469. The summed E-state index contributed by atoms with van der Waals surface area (Å²) in [5.41, 5.74) is 3.98. The van der Waals surface area contributed by atoms with Gasteiger partial charge in [-0.05, 0) is 59.3 Å². The number of ether oxygens (including phenoxy) is 2. The number of hydrogen-bond donors (Lipinski definition) is 0. The molecule has 0 aromatic heterocycles. The zero-order valence-corrected chi connectivity index (χ0v) is 16.3. The van der Waals surface area contributed by atoms with Gasteiger partial charge in [0, 0.05) is 0 Å². The highest BCUT2D eigenvalue weighted by Crippen LogP contribution is 2.33. The maximum Gasteiger partial charge on any atom is 0.309 e. The van der Waals surface area contributed by atoms with Gasteiger partial charge in [-0.3, -0.25) is 9.59 Å². The van der Waals surface area contributed by atoms with E-state index in [1.807, 2.05) is 0 Å². The summed E-state index contributed by atoms with van der Waals surface area (Å²) in [6, 6.07) is 0. The van der Waals surface area contributed by atoms with E-state index in [1.165, 1.54) is 30.9 Å². The molecule has 0 radical (unpaired) electrons. The Labute approximate surface area is 152 Å². The van der Waals surface area contributed by atoms with Crippen molar-refractivity contribution in [2.75, 3.05) is 14.2 Å². The first kappa shape index (κ1) is 21.2. The van der Waals surface area contributed by atoms with Crippen LogP contribution in [0.1, 0.15) is 59.3 Å². The van der Waals surface area contributed by atoms with Crippen LogP contribution in [0.5, 0.6) is 0 Å². The van der Waals surface area contributed by atoms with Gasteiger partial charge in [0.05, 0.1) is 26.1 Å². The fourth-order valence-electron chi connectivity index (χ4n) is 3.18. The van der Waals surface area contributed by atoms with E-state index in [4.69, 9.17) is 9.47 Å². The normalized spacial score (nSPS) is 20.5. The number of carbonyl (C=O) groups excluding carboxylic acids is 2. The molecule has 0 amide bonds. The molecular formula is C21H32O4. The minimum atomic E-state index is -0.430. The van der Waals surface area contributed by atoms with Gasteiger partial charge in [-0.25, -0.2) is 0 Å². The van der Waals surface area contributed by atoms with Gasteiger partial charge >= 0.3 is 11.9 Å². The molecule has 1 aliphatic carbocycles. The fraction of sp³-hybridized carbons (Fsp3) is 0.619. The Morgan fingerprint density at radius 3 is 2.28 bits per heavy atom. The van der Waals surface area contributed by atoms with Gasteiger partial charge in [0.15, 0.2) is 0 Å². The van der Waals surface area contributed by atoms with Gasteiger partial charge in [0.25, 0.3) is 0 Å². The lowest BCUT2D eigenvalue weighted by atomic mass is 9.78. The molecule has 0 aliphatic heterocycles. The summed E-state index contributed by atoms with van der Waals surface area (Å²) in [5.74, 6) is -1.52. The van der Waals surface area contributed by atoms with Crippen LogP contribution < -0.4 is 0 Å². The molecule has 1 aliphatic rings. The van der Waals surface area contributed by atoms with E-state index in [-0.39, 0.29) is 11.9 Å². The van der Waals surface area contributed by atoms with Crippen molar-refractivity contribution >= 4 is 11.9 Å². The second kappa shape index (κ2) is 10.9. The Morgan fingerprint density at radius 2 is 1.68 bits per heavy atom. The van der Waals surface area contributed by atoms with Gasteiger partial charge in [-0.1, -0.05) is 34.9 Å². The van der Waals surface area contributed by atoms with Crippen molar-refractivity contribution in [3.05, 3.63) is 34.9 Å². The number of esters is 2. The molecule has 140 valence electrons. The maximum atomic E-state index is 12.0. The third-order valence-corrected chi connectivity index (χ3v) is 4.69. The lowest BCUT2D eigenvalue weighted by Crippen LogP contribution is -2.33. The van der Waals surface area contributed by atoms with Crippen molar-refractivity contribution in [3.63, 3.8) is 0 Å². The van der Waals surface area contributed by atoms with E-state index in [0.717, 1.165) is 25.7 Å². The number of hydrogen-bond acceptors (Lipinski definition) is 4. The van der Waals surface area contributed by atoms with Crippen LogP contribution in [0, 0.1) is 11.8 Å². The summed E-state index contributed by atoms with van der Waals surface area (Å²) in [6.07, 6.45) is 11.8. The van der Waals surface area contributed by atoms with Crippen molar-refractivity contribution in [2.24, 2.45) is 11.8 Å². The average molecular weight is 348 g/mol. The highest BCUT2D eigenvalue weighted by atomic mass is 16.5. The molecule has 0 saturated carbocycles. The van der Waals surface area contributed by atoms with Gasteiger partial charge in [0.1, 0.15) is 0 Å². The Bertz CT molecular complexity index is 550. The minimum absolute atomic E-state index is 0.325. The predicted molar refractivity (Wildman–Crippen MR) is 100.0 cm³/mol. The molecule has 0 fully saturated rings. The van der Waals surface area contributed by atoms with Crippen molar-refractivity contribution in [1.82, 2.24) is 0 Å². The molecule has 1 rings (SSSR count). The first-order chi connectivity index (χ1) is 11.9. The monoisotopic (exact) mass is 348 g/mol. The van der Waals surface area contributed by atoms with E-state index in [2.05, 4.69) is 39.0 Å². The summed E-state index contributed by atoms with van der Waals surface area (Å²) >= 11 is 0. The Morgan fingerprint density at radius 1 is 1.04 bits per heavy atom.